The van der Waals surface area contributed by atoms with Crippen molar-refractivity contribution in [2.45, 2.75) is 6.17 Å². The molecule has 1 heterocycles. The van der Waals surface area contributed by atoms with E-state index in [-0.39, 0.29) is 12.5 Å². The van der Waals surface area contributed by atoms with Crippen molar-refractivity contribution in [1.82, 2.24) is 5.01 Å². The van der Waals surface area contributed by atoms with Gasteiger partial charge in [-0.3, -0.25) is 9.80 Å². The van der Waals surface area contributed by atoms with E-state index in [0.29, 0.717) is 17.1 Å². The lowest BCUT2D eigenvalue weighted by atomic mass is 10.1. The number of ether oxygens (including phenoxy) is 2. The Morgan fingerprint density at radius 1 is 1.14 bits per heavy atom. The molecule has 0 saturated heterocycles. The lowest BCUT2D eigenvalue weighted by Gasteiger charge is -2.34. The Morgan fingerprint density at radius 2 is 1.82 bits per heavy atom. The third-order valence-corrected chi connectivity index (χ3v) is 3.52. The Labute approximate surface area is 128 Å². The van der Waals surface area contributed by atoms with Gasteiger partial charge in [0.25, 0.3) is 5.91 Å². The molecule has 3 rings (SSSR count). The summed E-state index contributed by atoms with van der Waals surface area (Å²) in [5.41, 5.74) is 1.31. The fourth-order valence-electron chi connectivity index (χ4n) is 2.35. The van der Waals surface area contributed by atoms with Crippen LogP contribution >= 0.6 is 0 Å². The maximum Gasteiger partial charge on any atom is 0.271 e. The second kappa shape index (κ2) is 5.95. The van der Waals surface area contributed by atoms with Gasteiger partial charge in [0.05, 0.1) is 12.7 Å². The van der Waals surface area contributed by atoms with Crippen molar-refractivity contribution < 1.29 is 14.3 Å². The molecule has 0 spiro atoms. The summed E-state index contributed by atoms with van der Waals surface area (Å²) >= 11 is 0. The van der Waals surface area contributed by atoms with Crippen LogP contribution in [0.1, 0.15) is 10.4 Å². The number of nitrogens with two attached hydrogens (primary N) is 1. The summed E-state index contributed by atoms with van der Waals surface area (Å²) in [7, 11) is 1.58. The molecule has 114 valence electrons. The first kappa shape index (κ1) is 14.2. The molecule has 1 atom stereocenters. The average Bonchev–Trinajstić information content (AvgIpc) is 2.57. The Kier molecular flexibility index (Phi) is 3.84. The molecular formula is C16H17N3O3. The van der Waals surface area contributed by atoms with Gasteiger partial charge in [-0.25, -0.2) is 5.84 Å². The van der Waals surface area contributed by atoms with E-state index in [1.54, 1.807) is 25.3 Å². The molecule has 2 aromatic rings. The topological polar surface area (TPSA) is 76.8 Å². The normalized spacial score (nSPS) is 16.7. The number of carbonyl (C=O) groups is 1. The van der Waals surface area contributed by atoms with Gasteiger partial charge in [0.1, 0.15) is 6.61 Å². The Balaban J connectivity index is 1.75. The predicted octanol–water partition coefficient (Wildman–Crippen LogP) is 1.84. The highest BCUT2D eigenvalue weighted by Gasteiger charge is 2.30. The third-order valence-electron chi connectivity index (χ3n) is 3.52. The minimum atomic E-state index is -0.452. The maximum atomic E-state index is 12.2. The lowest BCUT2D eigenvalue weighted by molar-refractivity contribution is 0.0626. The van der Waals surface area contributed by atoms with Crippen LogP contribution in [0.4, 0.5) is 5.69 Å². The van der Waals surface area contributed by atoms with Crippen molar-refractivity contribution in [2.75, 3.05) is 19.0 Å². The number of hydrogen-bond acceptors (Lipinski definition) is 5. The number of rotatable bonds is 4. The molecule has 1 amide bonds. The van der Waals surface area contributed by atoms with E-state index in [1.807, 2.05) is 30.3 Å². The van der Waals surface area contributed by atoms with Crippen LogP contribution < -0.4 is 20.6 Å². The van der Waals surface area contributed by atoms with Gasteiger partial charge in [0, 0.05) is 5.69 Å². The smallest absolute Gasteiger partial charge is 0.271 e. The number of carbonyl (C=O) groups excluding carboxylic acids is 1. The van der Waals surface area contributed by atoms with E-state index < -0.39 is 6.17 Å². The Morgan fingerprint density at radius 3 is 2.59 bits per heavy atom. The molecule has 0 saturated carbocycles. The second-order valence-electron chi connectivity index (χ2n) is 4.88. The van der Waals surface area contributed by atoms with Gasteiger partial charge in [-0.2, -0.15) is 0 Å². The van der Waals surface area contributed by atoms with Crippen molar-refractivity contribution in [3.63, 3.8) is 0 Å². The monoisotopic (exact) mass is 299 g/mol. The number of anilines is 1. The first-order chi connectivity index (χ1) is 10.7. The zero-order valence-electron chi connectivity index (χ0n) is 12.2. The minimum Gasteiger partial charge on any atom is -0.493 e. The van der Waals surface area contributed by atoms with Gasteiger partial charge in [0.2, 0.25) is 0 Å². The van der Waals surface area contributed by atoms with E-state index in [4.69, 9.17) is 15.3 Å². The quantitative estimate of drug-likeness (QED) is 0.665. The molecule has 0 aromatic heterocycles. The summed E-state index contributed by atoms with van der Waals surface area (Å²) in [6.45, 7) is 0.205. The summed E-state index contributed by atoms with van der Waals surface area (Å²) in [5.74, 6) is 6.88. The largest absolute Gasteiger partial charge is 0.493 e. The van der Waals surface area contributed by atoms with Gasteiger partial charge in [-0.1, -0.05) is 24.3 Å². The van der Waals surface area contributed by atoms with Gasteiger partial charge in [-0.05, 0) is 24.3 Å². The molecule has 22 heavy (non-hydrogen) atoms. The lowest BCUT2D eigenvalue weighted by Crippen LogP contribution is -2.55. The zero-order chi connectivity index (χ0) is 15.5. The Hall–Kier alpha value is -2.73. The highest BCUT2D eigenvalue weighted by molar-refractivity contribution is 6.01. The molecule has 0 unspecified atom stereocenters. The second-order valence-corrected chi connectivity index (χ2v) is 4.88. The molecule has 1 aliphatic rings. The summed E-state index contributed by atoms with van der Waals surface area (Å²) < 4.78 is 11.0. The van der Waals surface area contributed by atoms with Crippen LogP contribution in [0.15, 0.2) is 48.5 Å². The SMILES string of the molecule is COc1ccccc1OC[C@@H]1Nc2ccccc2C(=O)N1N. The average molecular weight is 299 g/mol. The van der Waals surface area contributed by atoms with E-state index in [0.717, 1.165) is 10.7 Å². The van der Waals surface area contributed by atoms with Crippen LogP contribution in [0.2, 0.25) is 0 Å². The van der Waals surface area contributed by atoms with Gasteiger partial charge < -0.3 is 14.8 Å². The molecule has 1 aliphatic heterocycles. The van der Waals surface area contributed by atoms with E-state index >= 15 is 0 Å². The van der Waals surface area contributed by atoms with Crippen LogP contribution in [0.5, 0.6) is 11.5 Å². The number of fused-ring (bicyclic) bond motifs is 1. The molecule has 3 N–H and O–H groups in total. The van der Waals surface area contributed by atoms with E-state index in [2.05, 4.69) is 5.32 Å². The minimum absolute atomic E-state index is 0.205. The molecule has 0 bridgehead atoms. The van der Waals surface area contributed by atoms with Gasteiger partial charge in [0.15, 0.2) is 17.7 Å². The molecule has 0 aliphatic carbocycles. The summed E-state index contributed by atoms with van der Waals surface area (Å²) in [5, 5.41) is 4.35. The number of benzene rings is 2. The molecule has 0 radical (unpaired) electrons. The number of para-hydroxylation sites is 3. The molecule has 2 aromatic carbocycles. The highest BCUT2D eigenvalue weighted by Crippen LogP contribution is 2.27. The first-order valence-corrected chi connectivity index (χ1v) is 6.90. The summed E-state index contributed by atoms with van der Waals surface area (Å²) in [6.07, 6.45) is -0.452. The van der Waals surface area contributed by atoms with Crippen molar-refractivity contribution in [2.24, 2.45) is 5.84 Å². The van der Waals surface area contributed by atoms with E-state index in [1.165, 1.54) is 0 Å². The van der Waals surface area contributed by atoms with Gasteiger partial charge in [-0.15, -0.1) is 0 Å². The summed E-state index contributed by atoms with van der Waals surface area (Å²) in [4.78, 5) is 12.2. The maximum absolute atomic E-state index is 12.2. The van der Waals surface area contributed by atoms with Crippen LogP contribution in [-0.4, -0.2) is 30.8 Å². The fraction of sp³-hybridized carbons (Fsp3) is 0.188. The molecule has 0 fully saturated rings. The van der Waals surface area contributed by atoms with Crippen molar-refractivity contribution in [3.8, 4) is 11.5 Å². The number of hydrazine groups is 1. The number of methoxy groups -OCH3 is 1. The Bertz CT molecular complexity index is 690. The van der Waals surface area contributed by atoms with Crippen molar-refractivity contribution in [1.29, 1.82) is 0 Å². The highest BCUT2D eigenvalue weighted by atomic mass is 16.5. The van der Waals surface area contributed by atoms with Crippen LogP contribution in [-0.2, 0) is 0 Å². The number of nitrogens with zero attached hydrogens (tertiary/aromatic N) is 1. The standard InChI is InChI=1S/C16H17N3O3/c1-21-13-8-4-5-9-14(13)22-10-15-18-12-7-3-2-6-11(12)16(20)19(15)17/h2-9,15,18H,10,17H2,1H3/t15-/m1/s1. The van der Waals surface area contributed by atoms with Gasteiger partial charge >= 0.3 is 0 Å². The summed E-state index contributed by atoms with van der Waals surface area (Å²) in [6, 6.07) is 14.6. The van der Waals surface area contributed by atoms with E-state index in [9.17, 15) is 4.79 Å². The van der Waals surface area contributed by atoms with Crippen molar-refractivity contribution >= 4 is 11.6 Å². The first-order valence-electron chi connectivity index (χ1n) is 6.90. The zero-order valence-corrected chi connectivity index (χ0v) is 12.2. The predicted molar refractivity (Wildman–Crippen MR) is 82.7 cm³/mol. The van der Waals surface area contributed by atoms with Crippen LogP contribution in [0.25, 0.3) is 0 Å². The van der Waals surface area contributed by atoms with Crippen molar-refractivity contribution in [3.05, 3.63) is 54.1 Å². The number of amides is 1. The van der Waals surface area contributed by atoms with Crippen LogP contribution in [0, 0.1) is 0 Å². The molecule has 6 nitrogen and oxygen atoms in total. The molecular weight excluding hydrogens is 282 g/mol. The molecule has 6 heteroatoms. The third kappa shape index (κ3) is 2.56. The number of hydrogen-bond donors (Lipinski definition) is 2. The fourth-order valence-corrected chi connectivity index (χ4v) is 2.35. The van der Waals surface area contributed by atoms with Crippen LogP contribution in [0.3, 0.4) is 0 Å². The number of nitrogens with one attached hydrogen (secondary N) is 1.